The Balaban J connectivity index is 1.34. The molecule has 6 heteroatoms. The Kier molecular flexibility index (Phi) is 6.15. The number of rotatable bonds is 6. The van der Waals surface area contributed by atoms with E-state index in [1.807, 2.05) is 31.2 Å². The maximum atomic E-state index is 13.7. The molecule has 2 aliphatic rings. The highest BCUT2D eigenvalue weighted by molar-refractivity contribution is 5.80. The van der Waals surface area contributed by atoms with Crippen LogP contribution in [-0.2, 0) is 22.6 Å². The Morgan fingerprint density at radius 1 is 1.15 bits per heavy atom. The molecule has 1 N–H and O–H groups in total. The van der Waals surface area contributed by atoms with Crippen molar-refractivity contribution < 1.29 is 9.59 Å². The largest absolute Gasteiger partial charge is 0.349 e. The number of imidazole rings is 1. The van der Waals surface area contributed by atoms with Gasteiger partial charge in [-0.25, -0.2) is 4.98 Å². The number of carbonyl (C=O) groups is 2. The molecule has 3 aromatic rings. The molecule has 3 heterocycles. The molecule has 3 atom stereocenters. The molecule has 6 nitrogen and oxygen atoms in total. The smallest absolute Gasteiger partial charge is 0.223 e. The van der Waals surface area contributed by atoms with Crippen molar-refractivity contribution in [1.29, 1.82) is 0 Å². The van der Waals surface area contributed by atoms with Crippen molar-refractivity contribution in [2.24, 2.45) is 0 Å². The van der Waals surface area contributed by atoms with Crippen LogP contribution in [-0.4, -0.2) is 43.9 Å². The second kappa shape index (κ2) is 9.24. The summed E-state index contributed by atoms with van der Waals surface area (Å²) in [6.45, 7) is 4.93. The van der Waals surface area contributed by atoms with Gasteiger partial charge in [0.25, 0.3) is 0 Å². The fourth-order valence-corrected chi connectivity index (χ4v) is 6.14. The molecule has 2 aliphatic heterocycles. The summed E-state index contributed by atoms with van der Waals surface area (Å²) in [4.78, 5) is 32.9. The molecule has 1 aromatic heterocycles. The molecule has 0 aliphatic carbocycles. The minimum Gasteiger partial charge on any atom is -0.349 e. The van der Waals surface area contributed by atoms with Crippen LogP contribution in [0.3, 0.4) is 0 Å². The number of aryl methyl sites for hydroxylation is 2. The number of carbonyl (C=O) groups excluding carboxylic acids is 2. The van der Waals surface area contributed by atoms with Gasteiger partial charge in [-0.3, -0.25) is 9.59 Å². The first-order chi connectivity index (χ1) is 16.4. The second-order valence-corrected chi connectivity index (χ2v) is 10.1. The standard InChI is InChI=1S/C28H34N4O2/c1-20-29-23-12-6-7-13-24(23)31(20)17-9-16-27(34)32-22(18-21-10-4-3-5-11-21)19-28(2)25(32)14-8-15-26(33)30-28/h3-7,10-13,22,25H,8-9,14-19H2,1-2H3,(H,30,33)/t22-,25+,28+/m1/s1. The quantitative estimate of drug-likeness (QED) is 0.596. The highest BCUT2D eigenvalue weighted by Gasteiger charge is 2.52. The van der Waals surface area contributed by atoms with Gasteiger partial charge in [-0.15, -0.1) is 0 Å². The van der Waals surface area contributed by atoms with Crippen LogP contribution in [0.25, 0.3) is 11.0 Å². The summed E-state index contributed by atoms with van der Waals surface area (Å²) in [5.41, 5.74) is 2.99. The second-order valence-electron chi connectivity index (χ2n) is 10.1. The van der Waals surface area contributed by atoms with Gasteiger partial charge in [0, 0.05) is 25.4 Å². The van der Waals surface area contributed by atoms with Gasteiger partial charge in [-0.1, -0.05) is 42.5 Å². The number of hydrogen-bond donors (Lipinski definition) is 1. The number of nitrogens with zero attached hydrogens (tertiary/aromatic N) is 3. The molecule has 34 heavy (non-hydrogen) atoms. The van der Waals surface area contributed by atoms with Gasteiger partial charge in [0.1, 0.15) is 5.82 Å². The number of para-hydroxylation sites is 2. The first-order valence-corrected chi connectivity index (χ1v) is 12.5. The van der Waals surface area contributed by atoms with E-state index >= 15 is 0 Å². The molecule has 0 bridgehead atoms. The fourth-order valence-electron chi connectivity index (χ4n) is 6.14. The Bertz CT molecular complexity index is 1190. The summed E-state index contributed by atoms with van der Waals surface area (Å²) in [7, 11) is 0. The normalized spacial score (nSPS) is 24.6. The molecule has 2 saturated heterocycles. The van der Waals surface area contributed by atoms with Crippen molar-refractivity contribution in [3.8, 4) is 0 Å². The van der Waals surface area contributed by atoms with Gasteiger partial charge in [0.2, 0.25) is 11.8 Å². The molecule has 2 amide bonds. The minimum absolute atomic E-state index is 0.0518. The summed E-state index contributed by atoms with van der Waals surface area (Å²) in [5.74, 6) is 1.30. The number of hydrogen-bond acceptors (Lipinski definition) is 3. The van der Waals surface area contributed by atoms with Crippen LogP contribution in [0.5, 0.6) is 0 Å². The van der Waals surface area contributed by atoms with Crippen LogP contribution < -0.4 is 5.32 Å². The van der Waals surface area contributed by atoms with Gasteiger partial charge >= 0.3 is 0 Å². The Morgan fingerprint density at radius 3 is 2.74 bits per heavy atom. The number of nitrogens with one attached hydrogen (secondary N) is 1. The van der Waals surface area contributed by atoms with Crippen molar-refractivity contribution >= 4 is 22.8 Å². The van der Waals surface area contributed by atoms with E-state index in [1.54, 1.807) is 0 Å². The van der Waals surface area contributed by atoms with Crippen molar-refractivity contribution in [2.45, 2.75) is 83.0 Å². The molecular weight excluding hydrogens is 424 g/mol. The molecular formula is C28H34N4O2. The number of fused-ring (bicyclic) bond motifs is 2. The van der Waals surface area contributed by atoms with Crippen LogP contribution >= 0.6 is 0 Å². The lowest BCUT2D eigenvalue weighted by molar-refractivity contribution is -0.135. The lowest BCUT2D eigenvalue weighted by atomic mass is 9.88. The summed E-state index contributed by atoms with van der Waals surface area (Å²) < 4.78 is 2.21. The highest BCUT2D eigenvalue weighted by Crippen LogP contribution is 2.39. The molecule has 0 radical (unpaired) electrons. The predicted molar refractivity (Wildman–Crippen MR) is 133 cm³/mol. The lowest BCUT2D eigenvalue weighted by Gasteiger charge is -2.35. The zero-order valence-electron chi connectivity index (χ0n) is 20.2. The van der Waals surface area contributed by atoms with Crippen molar-refractivity contribution in [2.75, 3.05) is 0 Å². The van der Waals surface area contributed by atoms with E-state index < -0.39 is 0 Å². The third-order valence-electron chi connectivity index (χ3n) is 7.65. The third-order valence-corrected chi connectivity index (χ3v) is 7.65. The number of aromatic nitrogens is 2. The van der Waals surface area contributed by atoms with E-state index in [0.29, 0.717) is 12.8 Å². The van der Waals surface area contributed by atoms with Crippen LogP contribution in [0.15, 0.2) is 54.6 Å². The van der Waals surface area contributed by atoms with E-state index in [4.69, 9.17) is 0 Å². The first-order valence-electron chi connectivity index (χ1n) is 12.5. The highest BCUT2D eigenvalue weighted by atomic mass is 16.2. The van der Waals surface area contributed by atoms with Gasteiger partial charge in [-0.2, -0.15) is 0 Å². The number of likely N-dealkylation sites (tertiary alicyclic amines) is 1. The Hall–Kier alpha value is -3.15. The first kappa shape index (κ1) is 22.6. The monoisotopic (exact) mass is 458 g/mol. The molecule has 5 rings (SSSR count). The van der Waals surface area contributed by atoms with E-state index in [0.717, 1.165) is 55.5 Å². The fraction of sp³-hybridized carbons (Fsp3) is 0.464. The van der Waals surface area contributed by atoms with Gasteiger partial charge in [0.05, 0.1) is 22.6 Å². The molecule has 0 unspecified atom stereocenters. The summed E-state index contributed by atoms with van der Waals surface area (Å²) in [6.07, 6.45) is 5.13. The summed E-state index contributed by atoms with van der Waals surface area (Å²) in [6, 6.07) is 18.7. The average Bonchev–Trinajstić information content (AvgIpc) is 3.21. The molecule has 0 saturated carbocycles. The Labute approximate surface area is 201 Å². The van der Waals surface area contributed by atoms with Gasteiger partial charge in [-0.05, 0) is 63.6 Å². The Morgan fingerprint density at radius 2 is 1.91 bits per heavy atom. The SMILES string of the molecule is Cc1nc2ccccc2n1CCCC(=O)N1[C@H](Cc2ccccc2)C[C@]2(C)NC(=O)CCC[C@H]12. The van der Waals surface area contributed by atoms with Gasteiger partial charge in [0.15, 0.2) is 0 Å². The van der Waals surface area contributed by atoms with Crippen LogP contribution in [0.2, 0.25) is 0 Å². The zero-order chi connectivity index (χ0) is 23.7. The zero-order valence-corrected chi connectivity index (χ0v) is 20.2. The van der Waals surface area contributed by atoms with Crippen LogP contribution in [0, 0.1) is 6.92 Å². The molecule has 2 fully saturated rings. The third kappa shape index (κ3) is 4.33. The topological polar surface area (TPSA) is 67.2 Å². The molecule has 0 spiro atoms. The van der Waals surface area contributed by atoms with E-state index in [-0.39, 0.29) is 29.4 Å². The van der Waals surface area contributed by atoms with E-state index in [9.17, 15) is 9.59 Å². The van der Waals surface area contributed by atoms with Crippen molar-refractivity contribution in [1.82, 2.24) is 19.8 Å². The number of amides is 2. The maximum Gasteiger partial charge on any atom is 0.223 e. The van der Waals surface area contributed by atoms with Crippen LogP contribution in [0.4, 0.5) is 0 Å². The predicted octanol–water partition coefficient (Wildman–Crippen LogP) is 4.40. The van der Waals surface area contributed by atoms with Crippen molar-refractivity contribution in [3.05, 3.63) is 66.0 Å². The summed E-state index contributed by atoms with van der Waals surface area (Å²) >= 11 is 0. The number of benzene rings is 2. The average molecular weight is 459 g/mol. The van der Waals surface area contributed by atoms with E-state index in [2.05, 4.69) is 57.0 Å². The van der Waals surface area contributed by atoms with Gasteiger partial charge < -0.3 is 14.8 Å². The minimum atomic E-state index is -0.361. The lowest BCUT2D eigenvalue weighted by Crippen LogP contribution is -2.54. The van der Waals surface area contributed by atoms with Crippen molar-refractivity contribution in [3.63, 3.8) is 0 Å². The van der Waals surface area contributed by atoms with E-state index in [1.165, 1.54) is 5.56 Å². The maximum absolute atomic E-state index is 13.7. The summed E-state index contributed by atoms with van der Waals surface area (Å²) in [5, 5.41) is 3.28. The van der Waals surface area contributed by atoms with Crippen LogP contribution in [0.1, 0.15) is 56.8 Å². The molecule has 178 valence electrons. The molecule has 2 aromatic carbocycles.